The molecule has 1 atom stereocenters. The van der Waals surface area contributed by atoms with E-state index in [9.17, 15) is 4.79 Å². The number of ether oxygens (including phenoxy) is 1. The third kappa shape index (κ3) is 3.28. The minimum Gasteiger partial charge on any atom is -0.479 e. The van der Waals surface area contributed by atoms with Crippen LogP contribution in [-0.4, -0.2) is 12.5 Å². The van der Waals surface area contributed by atoms with Gasteiger partial charge in [0.25, 0.3) is 5.91 Å². The summed E-state index contributed by atoms with van der Waals surface area (Å²) in [5.74, 6) is 0.574. The van der Waals surface area contributed by atoms with Gasteiger partial charge in [0.2, 0.25) is 0 Å². The Kier molecular flexibility index (Phi) is 4.69. The second-order valence-corrected chi connectivity index (χ2v) is 6.62. The third-order valence-corrected chi connectivity index (χ3v) is 4.71. The Balaban J connectivity index is 1.76. The van der Waals surface area contributed by atoms with Crippen LogP contribution in [0.5, 0.6) is 5.75 Å². The molecule has 3 aromatic carbocycles. The van der Waals surface area contributed by atoms with Gasteiger partial charge in [0.15, 0.2) is 6.61 Å². The van der Waals surface area contributed by atoms with Gasteiger partial charge in [0, 0.05) is 11.4 Å². The van der Waals surface area contributed by atoms with E-state index in [0.29, 0.717) is 11.3 Å². The molecule has 0 radical (unpaired) electrons. The normalized spacial score (nSPS) is 15.4. The molecule has 0 saturated heterocycles. The maximum atomic E-state index is 13.3. The average molecular weight is 369 g/mol. The SMILES string of the molecule is Cc1cccc(N2C(=O)c3ccccc3N[C@@H]2c2ccc(OCC#N)cc2)c1. The number of carbonyl (C=O) groups excluding carboxylic acids is 1. The first-order valence-corrected chi connectivity index (χ1v) is 9.03. The molecule has 1 heterocycles. The molecule has 0 bridgehead atoms. The Hall–Kier alpha value is -3.78. The van der Waals surface area contributed by atoms with Gasteiger partial charge >= 0.3 is 0 Å². The molecule has 28 heavy (non-hydrogen) atoms. The lowest BCUT2D eigenvalue weighted by Crippen LogP contribution is -2.43. The van der Waals surface area contributed by atoms with Crippen molar-refractivity contribution < 1.29 is 9.53 Å². The van der Waals surface area contributed by atoms with Crippen LogP contribution in [0.3, 0.4) is 0 Å². The average Bonchev–Trinajstić information content (AvgIpc) is 2.72. The number of hydrogen-bond donors (Lipinski definition) is 1. The molecule has 0 aliphatic carbocycles. The number of anilines is 2. The van der Waals surface area contributed by atoms with Gasteiger partial charge in [-0.1, -0.05) is 36.4 Å². The predicted molar refractivity (Wildman–Crippen MR) is 108 cm³/mol. The van der Waals surface area contributed by atoms with Crippen LogP contribution in [0.15, 0.2) is 72.8 Å². The van der Waals surface area contributed by atoms with Crippen molar-refractivity contribution in [3.63, 3.8) is 0 Å². The van der Waals surface area contributed by atoms with Gasteiger partial charge in [-0.25, -0.2) is 0 Å². The highest BCUT2D eigenvalue weighted by atomic mass is 16.5. The summed E-state index contributed by atoms with van der Waals surface area (Å²) in [6, 6.07) is 24.8. The highest BCUT2D eigenvalue weighted by Gasteiger charge is 2.33. The summed E-state index contributed by atoms with van der Waals surface area (Å²) in [6.45, 7) is 2.01. The molecule has 5 nitrogen and oxygen atoms in total. The van der Waals surface area contributed by atoms with Crippen LogP contribution in [0.2, 0.25) is 0 Å². The maximum Gasteiger partial charge on any atom is 0.262 e. The number of carbonyl (C=O) groups is 1. The Morgan fingerprint density at radius 1 is 1.07 bits per heavy atom. The molecule has 5 heteroatoms. The number of para-hydroxylation sites is 1. The minimum atomic E-state index is -0.353. The summed E-state index contributed by atoms with van der Waals surface area (Å²) in [7, 11) is 0. The van der Waals surface area contributed by atoms with E-state index in [4.69, 9.17) is 10.00 Å². The number of amides is 1. The highest BCUT2D eigenvalue weighted by molar-refractivity contribution is 6.12. The Morgan fingerprint density at radius 3 is 2.61 bits per heavy atom. The van der Waals surface area contributed by atoms with Crippen LogP contribution in [0, 0.1) is 18.3 Å². The maximum absolute atomic E-state index is 13.3. The highest BCUT2D eigenvalue weighted by Crippen LogP contribution is 2.37. The topological polar surface area (TPSA) is 65.4 Å². The summed E-state index contributed by atoms with van der Waals surface area (Å²) in [5.41, 5.74) is 4.30. The molecule has 138 valence electrons. The van der Waals surface area contributed by atoms with Gasteiger partial charge < -0.3 is 10.1 Å². The van der Waals surface area contributed by atoms with E-state index in [1.165, 1.54) is 0 Å². The lowest BCUT2D eigenvalue weighted by atomic mass is 10.0. The zero-order chi connectivity index (χ0) is 19.5. The zero-order valence-corrected chi connectivity index (χ0v) is 15.4. The largest absolute Gasteiger partial charge is 0.479 e. The lowest BCUT2D eigenvalue weighted by molar-refractivity contribution is 0.0975. The number of fused-ring (bicyclic) bond motifs is 1. The fraction of sp³-hybridized carbons (Fsp3) is 0.130. The number of nitrogens with one attached hydrogen (secondary N) is 1. The molecule has 0 aromatic heterocycles. The van der Waals surface area contributed by atoms with Gasteiger partial charge in [0.1, 0.15) is 18.0 Å². The summed E-state index contributed by atoms with van der Waals surface area (Å²) < 4.78 is 5.34. The van der Waals surface area contributed by atoms with Crippen LogP contribution < -0.4 is 15.0 Å². The van der Waals surface area contributed by atoms with Crippen molar-refractivity contribution in [2.24, 2.45) is 0 Å². The number of rotatable bonds is 4. The molecular formula is C23H19N3O2. The smallest absolute Gasteiger partial charge is 0.262 e. The molecule has 0 spiro atoms. The summed E-state index contributed by atoms with van der Waals surface area (Å²) in [6.07, 6.45) is -0.353. The van der Waals surface area contributed by atoms with E-state index in [1.807, 2.05) is 85.8 Å². The fourth-order valence-electron chi connectivity index (χ4n) is 3.39. The summed E-state index contributed by atoms with van der Waals surface area (Å²) >= 11 is 0. The summed E-state index contributed by atoms with van der Waals surface area (Å²) in [4.78, 5) is 15.1. The number of nitriles is 1. The lowest BCUT2D eigenvalue weighted by Gasteiger charge is -2.38. The van der Waals surface area contributed by atoms with E-state index in [-0.39, 0.29) is 18.7 Å². The molecule has 1 aliphatic heterocycles. The van der Waals surface area contributed by atoms with Crippen LogP contribution in [0.4, 0.5) is 11.4 Å². The molecule has 1 amide bonds. The van der Waals surface area contributed by atoms with E-state index >= 15 is 0 Å². The van der Waals surface area contributed by atoms with Crippen LogP contribution in [-0.2, 0) is 0 Å². The number of benzene rings is 3. The summed E-state index contributed by atoms with van der Waals surface area (Å²) in [5, 5.41) is 12.1. The number of nitrogens with zero attached hydrogens (tertiary/aromatic N) is 2. The standard InChI is InChI=1S/C23H19N3O2/c1-16-5-4-6-18(15-16)26-22(17-9-11-19(12-10-17)28-14-13-24)25-21-8-3-2-7-20(21)23(26)27/h2-12,15,22,25H,14H2,1H3/t22-/m0/s1. The quantitative estimate of drug-likeness (QED) is 0.726. The van der Waals surface area contributed by atoms with Crippen LogP contribution in [0.1, 0.15) is 27.7 Å². The van der Waals surface area contributed by atoms with E-state index in [2.05, 4.69) is 5.32 Å². The molecule has 0 fully saturated rings. The second kappa shape index (κ2) is 7.45. The first-order valence-electron chi connectivity index (χ1n) is 9.03. The van der Waals surface area contributed by atoms with Crippen LogP contribution >= 0.6 is 0 Å². The first-order chi connectivity index (χ1) is 13.7. The van der Waals surface area contributed by atoms with Gasteiger partial charge in [-0.05, 0) is 54.4 Å². The van der Waals surface area contributed by atoms with E-state index < -0.39 is 0 Å². The molecule has 0 unspecified atom stereocenters. The Bertz CT molecular complexity index is 1050. The molecule has 3 aromatic rings. The van der Waals surface area contributed by atoms with Crippen molar-refractivity contribution in [3.8, 4) is 11.8 Å². The van der Waals surface area contributed by atoms with Crippen molar-refractivity contribution in [3.05, 3.63) is 89.5 Å². The van der Waals surface area contributed by atoms with Gasteiger partial charge in [-0.2, -0.15) is 5.26 Å². The molecular weight excluding hydrogens is 350 g/mol. The molecule has 1 aliphatic rings. The molecule has 0 saturated carbocycles. The third-order valence-electron chi connectivity index (χ3n) is 4.71. The van der Waals surface area contributed by atoms with Crippen molar-refractivity contribution in [1.82, 2.24) is 0 Å². The zero-order valence-electron chi connectivity index (χ0n) is 15.4. The number of hydrogen-bond acceptors (Lipinski definition) is 4. The van der Waals surface area contributed by atoms with Gasteiger partial charge in [-0.15, -0.1) is 0 Å². The van der Waals surface area contributed by atoms with Gasteiger partial charge in [-0.3, -0.25) is 9.69 Å². The predicted octanol–water partition coefficient (Wildman–Crippen LogP) is 4.67. The van der Waals surface area contributed by atoms with E-state index in [1.54, 1.807) is 4.90 Å². The Labute approximate surface area is 163 Å². The number of aryl methyl sites for hydroxylation is 1. The first kappa shape index (κ1) is 17.6. The molecule has 1 N–H and O–H groups in total. The van der Waals surface area contributed by atoms with Crippen molar-refractivity contribution in [1.29, 1.82) is 5.26 Å². The van der Waals surface area contributed by atoms with Crippen molar-refractivity contribution in [2.45, 2.75) is 13.1 Å². The molecule has 4 rings (SSSR count). The van der Waals surface area contributed by atoms with E-state index in [0.717, 1.165) is 22.5 Å². The second-order valence-electron chi connectivity index (χ2n) is 6.62. The Morgan fingerprint density at radius 2 is 1.86 bits per heavy atom. The minimum absolute atomic E-state index is 0.00229. The fourth-order valence-corrected chi connectivity index (χ4v) is 3.39. The monoisotopic (exact) mass is 369 g/mol. The van der Waals surface area contributed by atoms with Crippen molar-refractivity contribution in [2.75, 3.05) is 16.8 Å². The van der Waals surface area contributed by atoms with Crippen LogP contribution in [0.25, 0.3) is 0 Å². The van der Waals surface area contributed by atoms with Gasteiger partial charge in [0.05, 0.1) is 5.56 Å². The van der Waals surface area contributed by atoms with Crippen molar-refractivity contribution >= 4 is 17.3 Å².